The molecule has 0 radical (unpaired) electrons. The van der Waals surface area contributed by atoms with E-state index in [1.165, 1.54) is 12.8 Å². The lowest BCUT2D eigenvalue weighted by atomic mass is 10.0. The van der Waals surface area contributed by atoms with Crippen LogP contribution in [-0.4, -0.2) is 29.1 Å². The van der Waals surface area contributed by atoms with E-state index in [9.17, 15) is 4.79 Å². The summed E-state index contributed by atoms with van der Waals surface area (Å²) < 4.78 is 0. The molecular weight excluding hydrogens is 236 g/mol. The van der Waals surface area contributed by atoms with Crippen molar-refractivity contribution in [1.82, 2.24) is 10.2 Å². The first-order valence-electron chi connectivity index (χ1n) is 8.09. The van der Waals surface area contributed by atoms with Gasteiger partial charge in [-0.25, -0.2) is 0 Å². The van der Waals surface area contributed by atoms with Gasteiger partial charge in [0.25, 0.3) is 0 Å². The first kappa shape index (κ1) is 16.5. The van der Waals surface area contributed by atoms with Crippen LogP contribution >= 0.6 is 0 Å². The lowest BCUT2D eigenvalue weighted by molar-refractivity contribution is -0.132. The van der Waals surface area contributed by atoms with Gasteiger partial charge in [0.05, 0.1) is 12.2 Å². The van der Waals surface area contributed by atoms with Crippen molar-refractivity contribution in [3.05, 3.63) is 0 Å². The quantitative estimate of drug-likeness (QED) is 0.730. The van der Waals surface area contributed by atoms with Crippen molar-refractivity contribution >= 4 is 5.91 Å². The average Bonchev–Trinajstić information content (AvgIpc) is 2.66. The summed E-state index contributed by atoms with van der Waals surface area (Å²) in [6.07, 6.45) is 6.88. The third-order valence-corrected chi connectivity index (χ3v) is 4.12. The summed E-state index contributed by atoms with van der Waals surface area (Å²) >= 11 is 0. The largest absolute Gasteiger partial charge is 0.323 e. The predicted octanol–water partition coefficient (Wildman–Crippen LogP) is 3.54. The normalized spacial score (nSPS) is 25.4. The van der Waals surface area contributed by atoms with Crippen molar-refractivity contribution < 1.29 is 4.79 Å². The van der Waals surface area contributed by atoms with E-state index in [0.29, 0.717) is 11.9 Å². The molecule has 3 unspecified atom stereocenters. The highest BCUT2D eigenvalue weighted by Crippen LogP contribution is 2.22. The molecule has 1 fully saturated rings. The molecule has 1 N–H and O–H groups in total. The summed E-state index contributed by atoms with van der Waals surface area (Å²) in [6, 6.07) is 0.424. The first-order chi connectivity index (χ1) is 9.01. The van der Waals surface area contributed by atoms with Gasteiger partial charge >= 0.3 is 0 Å². The molecule has 1 aliphatic heterocycles. The number of hydrogen-bond acceptors (Lipinski definition) is 2. The summed E-state index contributed by atoms with van der Waals surface area (Å²) in [5.74, 6) is 1.08. The smallest absolute Gasteiger partial charge is 0.241 e. The third kappa shape index (κ3) is 4.48. The van der Waals surface area contributed by atoms with E-state index in [4.69, 9.17) is 0 Å². The minimum atomic E-state index is 0.0579. The maximum Gasteiger partial charge on any atom is 0.241 e. The molecule has 0 aliphatic carbocycles. The molecule has 0 aromatic heterocycles. The fraction of sp³-hybridized carbons (Fsp3) is 0.938. The van der Waals surface area contributed by atoms with Crippen LogP contribution in [0.3, 0.4) is 0 Å². The van der Waals surface area contributed by atoms with Gasteiger partial charge in [-0.1, -0.05) is 47.0 Å². The maximum atomic E-state index is 12.5. The second-order valence-electron chi connectivity index (χ2n) is 6.35. The number of amides is 1. The molecule has 3 atom stereocenters. The number of rotatable bonds is 8. The van der Waals surface area contributed by atoms with E-state index in [1.54, 1.807) is 0 Å². The highest BCUT2D eigenvalue weighted by molar-refractivity contribution is 5.84. The van der Waals surface area contributed by atoms with E-state index in [-0.39, 0.29) is 12.2 Å². The average molecular weight is 268 g/mol. The Morgan fingerprint density at radius 3 is 2.42 bits per heavy atom. The Hall–Kier alpha value is -0.570. The lowest BCUT2D eigenvalue weighted by Gasteiger charge is -2.30. The topological polar surface area (TPSA) is 32.3 Å². The van der Waals surface area contributed by atoms with Crippen LogP contribution in [0.4, 0.5) is 0 Å². The lowest BCUT2D eigenvalue weighted by Crippen LogP contribution is -2.42. The number of hydrogen-bond donors (Lipinski definition) is 1. The Labute approximate surface area is 119 Å². The zero-order chi connectivity index (χ0) is 14.4. The number of carbonyl (C=O) groups is 1. The molecule has 0 aromatic rings. The maximum absolute atomic E-state index is 12.5. The Bertz CT molecular complexity index is 278. The number of nitrogens with zero attached hydrogens (tertiary/aromatic N) is 1. The van der Waals surface area contributed by atoms with Gasteiger partial charge in [0.2, 0.25) is 5.91 Å². The minimum absolute atomic E-state index is 0.0579. The summed E-state index contributed by atoms with van der Waals surface area (Å²) in [5, 5.41) is 3.50. The van der Waals surface area contributed by atoms with Gasteiger partial charge in [0.15, 0.2) is 0 Å². The van der Waals surface area contributed by atoms with Crippen LogP contribution < -0.4 is 5.32 Å². The molecule has 1 rings (SSSR count). The minimum Gasteiger partial charge on any atom is -0.323 e. The molecule has 1 amide bonds. The molecule has 19 heavy (non-hydrogen) atoms. The zero-order valence-corrected chi connectivity index (χ0v) is 13.4. The molecule has 3 nitrogen and oxygen atoms in total. The van der Waals surface area contributed by atoms with Crippen LogP contribution in [-0.2, 0) is 4.79 Å². The van der Waals surface area contributed by atoms with Crippen molar-refractivity contribution in [2.24, 2.45) is 5.92 Å². The highest BCUT2D eigenvalue weighted by Gasteiger charge is 2.39. The van der Waals surface area contributed by atoms with Gasteiger partial charge in [0.1, 0.15) is 0 Å². The molecule has 0 spiro atoms. The van der Waals surface area contributed by atoms with Crippen molar-refractivity contribution in [2.45, 2.75) is 91.4 Å². The van der Waals surface area contributed by atoms with Crippen molar-refractivity contribution in [1.29, 1.82) is 0 Å². The predicted molar refractivity (Wildman–Crippen MR) is 80.9 cm³/mol. The summed E-state index contributed by atoms with van der Waals surface area (Å²) in [5.41, 5.74) is 0. The van der Waals surface area contributed by atoms with Gasteiger partial charge in [-0.05, 0) is 32.1 Å². The Kier molecular flexibility index (Phi) is 6.84. The fourth-order valence-electron chi connectivity index (χ4n) is 3.01. The molecule has 0 bridgehead atoms. The molecular formula is C16H32N2O. The van der Waals surface area contributed by atoms with Crippen LogP contribution in [0.25, 0.3) is 0 Å². The van der Waals surface area contributed by atoms with Crippen LogP contribution in [0.2, 0.25) is 0 Å². The van der Waals surface area contributed by atoms with Crippen LogP contribution in [0.1, 0.15) is 73.1 Å². The van der Waals surface area contributed by atoms with E-state index < -0.39 is 0 Å². The Morgan fingerprint density at radius 2 is 1.89 bits per heavy atom. The molecule has 0 aromatic carbocycles. The van der Waals surface area contributed by atoms with Crippen molar-refractivity contribution in [3.8, 4) is 0 Å². The number of nitrogens with one attached hydrogen (secondary N) is 1. The van der Waals surface area contributed by atoms with E-state index in [1.807, 2.05) is 0 Å². The molecule has 1 heterocycles. The van der Waals surface area contributed by atoms with Gasteiger partial charge < -0.3 is 4.90 Å². The van der Waals surface area contributed by atoms with Crippen LogP contribution in [0.15, 0.2) is 0 Å². The third-order valence-electron chi connectivity index (χ3n) is 4.12. The second kappa shape index (κ2) is 7.88. The van der Waals surface area contributed by atoms with Gasteiger partial charge in [0, 0.05) is 6.04 Å². The fourth-order valence-corrected chi connectivity index (χ4v) is 3.01. The summed E-state index contributed by atoms with van der Waals surface area (Å²) in [6.45, 7) is 11.0. The van der Waals surface area contributed by atoms with Crippen LogP contribution in [0.5, 0.6) is 0 Å². The van der Waals surface area contributed by atoms with E-state index in [2.05, 4.69) is 44.8 Å². The monoisotopic (exact) mass is 268 g/mol. The van der Waals surface area contributed by atoms with Gasteiger partial charge in [-0.15, -0.1) is 0 Å². The Morgan fingerprint density at radius 1 is 1.21 bits per heavy atom. The zero-order valence-electron chi connectivity index (χ0n) is 13.4. The molecule has 112 valence electrons. The van der Waals surface area contributed by atoms with Crippen molar-refractivity contribution in [2.75, 3.05) is 0 Å². The molecule has 1 saturated heterocycles. The summed E-state index contributed by atoms with van der Waals surface area (Å²) in [7, 11) is 0. The molecule has 3 heteroatoms. The van der Waals surface area contributed by atoms with E-state index in [0.717, 1.165) is 31.6 Å². The standard InChI is InChI=1S/C16H32N2O/c1-6-9-14-16(19)18(15(7-2)17-14)13(5)11-8-10-12(3)4/h12-15,17H,6-11H2,1-5H3. The molecule has 0 saturated carbocycles. The van der Waals surface area contributed by atoms with Gasteiger partial charge in [-0.3, -0.25) is 10.1 Å². The van der Waals surface area contributed by atoms with Crippen LogP contribution in [0, 0.1) is 5.92 Å². The number of carbonyl (C=O) groups excluding carboxylic acids is 1. The second-order valence-corrected chi connectivity index (χ2v) is 6.35. The Balaban J connectivity index is 2.55. The highest BCUT2D eigenvalue weighted by atomic mass is 16.2. The SMILES string of the molecule is CCCC1NC(CC)N(C(C)CCCC(C)C)C1=O. The van der Waals surface area contributed by atoms with Gasteiger partial charge in [-0.2, -0.15) is 0 Å². The first-order valence-corrected chi connectivity index (χ1v) is 8.09. The molecule has 1 aliphatic rings. The van der Waals surface area contributed by atoms with E-state index >= 15 is 0 Å². The summed E-state index contributed by atoms with van der Waals surface area (Å²) in [4.78, 5) is 14.6. The van der Waals surface area contributed by atoms with Crippen molar-refractivity contribution in [3.63, 3.8) is 0 Å².